The Morgan fingerprint density at radius 1 is 0.625 bits per heavy atom. The van der Waals surface area contributed by atoms with Crippen LogP contribution in [0.3, 0.4) is 0 Å². The van der Waals surface area contributed by atoms with Crippen LogP contribution in [0.2, 0.25) is 0 Å². The maximum atomic E-state index is 15.7. The lowest BCUT2D eigenvalue weighted by Crippen LogP contribution is -2.65. The maximum absolute atomic E-state index is 15.7. The number of amides is 12. The third kappa shape index (κ3) is 20.2. The Kier molecular flexibility index (Phi) is 29.9. The monoisotopic (exact) mass is 1490 g/mol. The molecule has 26 nitrogen and oxygen atoms in total. The summed E-state index contributed by atoms with van der Waals surface area (Å²) >= 11 is 6.42. The number of hydrogen-bond acceptors (Lipinski definition) is 14. The number of rotatable bonds is 11. The summed E-state index contributed by atoms with van der Waals surface area (Å²) < 4.78 is 68.1. The van der Waals surface area contributed by atoms with E-state index in [9.17, 15) is 46.3 Å². The van der Waals surface area contributed by atoms with E-state index in [0.717, 1.165) is 27.5 Å². The quantitative estimate of drug-likeness (QED) is 0.185. The fraction of sp³-hybridized carbons (Fsp3) is 0.836. The van der Waals surface area contributed by atoms with Gasteiger partial charge in [-0.3, -0.25) is 57.5 Å². The van der Waals surface area contributed by atoms with Crippen LogP contribution in [0.5, 0.6) is 0 Å². The second kappa shape index (κ2) is 37.4. The molecule has 4 saturated heterocycles. The van der Waals surface area contributed by atoms with Crippen molar-refractivity contribution in [1.29, 1.82) is 0 Å². The fourth-order valence-corrected chi connectivity index (χ4v) is 17.8. The summed E-state index contributed by atoms with van der Waals surface area (Å²) in [5.74, 6) is -11.4. The molecule has 4 heterocycles. The van der Waals surface area contributed by atoms with Crippen LogP contribution < -0.4 is 16.0 Å². The Hall–Kier alpha value is -6.43. The van der Waals surface area contributed by atoms with Crippen molar-refractivity contribution >= 4 is 82.5 Å². The van der Waals surface area contributed by atoms with Crippen LogP contribution in [0.15, 0.2) is 0 Å². The van der Waals surface area contributed by atoms with Crippen LogP contribution >= 0.6 is 11.6 Å². The van der Waals surface area contributed by atoms with E-state index in [4.69, 9.17) is 21.1 Å². The van der Waals surface area contributed by atoms with Crippen molar-refractivity contribution < 1.29 is 84.6 Å². The largest absolute Gasteiger partial charge is 0.393 e. The molecular weight excluding hydrogens is 1380 g/mol. The fourth-order valence-electron chi connectivity index (χ4n) is 17.3. The third-order valence-electron chi connectivity index (χ3n) is 24.1. The molecule has 4 aliphatic heterocycles. The molecule has 1 spiro atoms. The molecule has 0 radical (unpaired) electrons. The number of halogens is 5. The molecule has 8 aliphatic rings. The summed E-state index contributed by atoms with van der Waals surface area (Å²) in [7, 11) is 9.76. The molecule has 3 unspecified atom stereocenters. The molecule has 8 fully saturated rings. The van der Waals surface area contributed by atoms with Gasteiger partial charge in [0.2, 0.25) is 70.9 Å². The lowest BCUT2D eigenvalue weighted by molar-refractivity contribution is -0.182. The first-order chi connectivity index (χ1) is 49.3. The first-order valence-electron chi connectivity index (χ1n) is 38.1. The van der Waals surface area contributed by atoms with Gasteiger partial charge in [0.25, 0.3) is 0 Å². The highest BCUT2D eigenvalue weighted by molar-refractivity contribution is 6.21. The molecule has 2 bridgehead atoms. The molecule has 4 saturated carbocycles. The molecule has 586 valence electrons. The van der Waals surface area contributed by atoms with E-state index in [1.54, 1.807) is 13.8 Å². The van der Waals surface area contributed by atoms with Crippen LogP contribution in [0, 0.1) is 29.6 Å². The average molecular weight is 1500 g/mol. The molecule has 12 amide bonds. The minimum absolute atomic E-state index is 0.0223. The first-order valence-corrected chi connectivity index (χ1v) is 38.5. The van der Waals surface area contributed by atoms with Gasteiger partial charge in [-0.05, 0) is 139 Å². The van der Waals surface area contributed by atoms with Gasteiger partial charge < -0.3 is 69.5 Å². The number of methoxy groups -OCH3 is 1. The van der Waals surface area contributed by atoms with Gasteiger partial charge in [-0.1, -0.05) is 58.8 Å². The standard InChI is InChI=1S/C73H115ClF4N12O14/c1-10-45(2)61-69(100)83(4)43-60(93)84(5)54-21-12-11-17-33-90(68(54)99)56(40-47-23-27-49(75)28-24-47)66(97)82(3)42-58(91)79-52(30-26-46-25-29-50(51(74)39-46)73(76,77)78)65(96)89-34-18-22-53(89)64(95)81-72(31-15-16-32-72)71(102)87(8)62(48-19-13-14-20-48)70(101)86(7)55(67(98)88-35-37-104-38-36-88)41-59(92)85(6)57(44-103-9)63(94)80-61/h45-57,61-62H,10-44H2,1-9H3,(H,79,91)(H,80,94)(H,81,95)/t45-,46?,47?,49?,50?,51?,52-,53-,54-,55-,56-,57-,61-,62-/m0/s1. The summed E-state index contributed by atoms with van der Waals surface area (Å²) in [5.41, 5.74) is -1.59. The Labute approximate surface area is 615 Å². The molecule has 3 N–H and O–H groups in total. The van der Waals surface area contributed by atoms with E-state index in [1.807, 2.05) is 0 Å². The van der Waals surface area contributed by atoms with Gasteiger partial charge in [0, 0.05) is 81.0 Å². The molecular formula is C73H115ClF4N12O14. The van der Waals surface area contributed by atoms with Crippen molar-refractivity contribution in [2.75, 3.05) is 108 Å². The van der Waals surface area contributed by atoms with Gasteiger partial charge in [-0.25, -0.2) is 4.39 Å². The molecule has 31 heteroatoms. The van der Waals surface area contributed by atoms with Crippen molar-refractivity contribution in [3.8, 4) is 0 Å². The number of carbonyl (C=O) groups excluding carboxylic acids is 12. The summed E-state index contributed by atoms with van der Waals surface area (Å²) in [4.78, 5) is 193. The third-order valence-corrected chi connectivity index (χ3v) is 24.5. The summed E-state index contributed by atoms with van der Waals surface area (Å²) in [6.07, 6.45) is 1.49. The first kappa shape index (κ1) is 83.2. The molecule has 4 aliphatic carbocycles. The number of nitrogens with zero attached hydrogens (tertiary/aromatic N) is 9. The van der Waals surface area contributed by atoms with E-state index in [0.29, 0.717) is 70.6 Å². The van der Waals surface area contributed by atoms with Gasteiger partial charge in [0.05, 0.1) is 45.2 Å². The maximum Gasteiger partial charge on any atom is 0.393 e. The smallest absolute Gasteiger partial charge is 0.382 e. The zero-order valence-corrected chi connectivity index (χ0v) is 63.3. The Morgan fingerprint density at radius 2 is 1.25 bits per heavy atom. The number of fused-ring (bicyclic) bond motifs is 3. The molecule has 0 aromatic heterocycles. The highest BCUT2D eigenvalue weighted by Gasteiger charge is 2.53. The zero-order chi connectivity index (χ0) is 76.1. The minimum Gasteiger partial charge on any atom is -0.382 e. The van der Waals surface area contributed by atoms with E-state index in [-0.39, 0.29) is 135 Å². The van der Waals surface area contributed by atoms with E-state index >= 15 is 28.8 Å². The number of carbonyl (C=O) groups is 12. The van der Waals surface area contributed by atoms with Gasteiger partial charge in [0.15, 0.2) is 0 Å². The van der Waals surface area contributed by atoms with Gasteiger partial charge >= 0.3 is 6.18 Å². The van der Waals surface area contributed by atoms with Crippen molar-refractivity contribution in [1.82, 2.24) is 60.0 Å². The lowest BCUT2D eigenvalue weighted by Gasteiger charge is -2.42. The van der Waals surface area contributed by atoms with E-state index in [2.05, 4.69) is 16.0 Å². The van der Waals surface area contributed by atoms with Crippen molar-refractivity contribution in [3.63, 3.8) is 0 Å². The normalized spacial score (nSPS) is 32.0. The van der Waals surface area contributed by atoms with Crippen LogP contribution in [0.1, 0.15) is 181 Å². The van der Waals surface area contributed by atoms with Crippen molar-refractivity contribution in [3.05, 3.63) is 0 Å². The molecule has 0 aromatic carbocycles. The molecule has 8 rings (SSSR count). The van der Waals surface area contributed by atoms with Crippen LogP contribution in [0.4, 0.5) is 17.6 Å². The SMILES string of the molecule is CC[C@H](C)[C@@H]1NC(=O)[C@H](COC)N(C)C(=O)C[C@@H](C(=O)N2CCOCC2)N(C)C(=O)[C@H](C2CCCC2)N(C)C(=O)C2(CCCC2)NC(=O)[C@@H]2CCCN2C(=O)[C@H](CCC2CCC(C(F)(F)F)C(Cl)C2)NC(=O)CN(C)C(=O)[C@H](CC2CCC(F)CC2)N2CCCCC[C@@H](C2=O)N(C)C(=O)CN(C)C1=O. The Bertz CT molecular complexity index is 3040. The summed E-state index contributed by atoms with van der Waals surface area (Å²) in [5, 5.41) is 7.50. The average Bonchev–Trinajstić information content (AvgIpc) is 0.895. The van der Waals surface area contributed by atoms with Crippen LogP contribution in [-0.2, 0) is 67.0 Å². The number of likely N-dealkylation sites (N-methyl/N-ethyl adjacent to an activating group) is 6. The number of nitrogens with one attached hydrogen (secondary N) is 3. The Balaban J connectivity index is 1.18. The second-order valence-electron chi connectivity index (χ2n) is 31.0. The topological polar surface area (TPSA) is 289 Å². The highest BCUT2D eigenvalue weighted by atomic mass is 35.5. The Morgan fingerprint density at radius 3 is 1.88 bits per heavy atom. The molecule has 0 aromatic rings. The minimum atomic E-state index is -4.53. The number of morpholine rings is 1. The number of hydrogen-bond donors (Lipinski definition) is 3. The van der Waals surface area contributed by atoms with Crippen LogP contribution in [-0.4, -0.2) is 295 Å². The molecule has 12 atom stereocenters. The predicted molar refractivity (Wildman–Crippen MR) is 376 cm³/mol. The molecule has 104 heavy (non-hydrogen) atoms. The summed E-state index contributed by atoms with van der Waals surface area (Å²) in [6.45, 7) is 2.70. The second-order valence-corrected chi connectivity index (χ2v) is 31.6. The van der Waals surface area contributed by atoms with Gasteiger partial charge in [0.1, 0.15) is 60.0 Å². The van der Waals surface area contributed by atoms with Crippen LogP contribution in [0.25, 0.3) is 0 Å². The van der Waals surface area contributed by atoms with Gasteiger partial charge in [-0.2, -0.15) is 13.2 Å². The zero-order valence-electron chi connectivity index (χ0n) is 62.5. The summed E-state index contributed by atoms with van der Waals surface area (Å²) in [6, 6.07) is -10.3. The van der Waals surface area contributed by atoms with E-state index < -0.39 is 180 Å². The van der Waals surface area contributed by atoms with E-state index in [1.165, 1.54) is 78.8 Å². The van der Waals surface area contributed by atoms with Crippen molar-refractivity contribution in [2.24, 2.45) is 29.6 Å². The predicted octanol–water partition coefficient (Wildman–Crippen LogP) is 4.80. The van der Waals surface area contributed by atoms with Gasteiger partial charge in [-0.15, -0.1) is 11.6 Å². The number of alkyl halides is 5. The number of ether oxygens (including phenoxy) is 2. The highest BCUT2D eigenvalue weighted by Crippen LogP contribution is 2.44. The lowest BCUT2D eigenvalue weighted by atomic mass is 9.78. The van der Waals surface area contributed by atoms with Crippen molar-refractivity contribution in [2.45, 2.75) is 252 Å².